The van der Waals surface area contributed by atoms with Crippen LogP contribution in [0.3, 0.4) is 0 Å². The van der Waals surface area contributed by atoms with Crippen LogP contribution >= 0.6 is 27.7 Å². The standard InChI is InChI=1S/C13H17BrN2OS/c1-4-15-12-8-5-9(14)11(18-7(2)3)6-10(8)16-13(12)17/h5-7,12,15H,4H2,1-3H3,(H,16,17). The number of carbonyl (C=O) groups excluding carboxylic acids is 1. The number of benzene rings is 1. The van der Waals surface area contributed by atoms with Gasteiger partial charge in [-0.15, -0.1) is 11.8 Å². The minimum atomic E-state index is -0.223. The summed E-state index contributed by atoms with van der Waals surface area (Å²) in [5, 5.41) is 6.65. The maximum atomic E-state index is 11.9. The van der Waals surface area contributed by atoms with Crippen LogP contribution in [0.25, 0.3) is 0 Å². The molecule has 1 aliphatic heterocycles. The van der Waals surface area contributed by atoms with Crippen molar-refractivity contribution in [3.8, 4) is 0 Å². The second-order valence-corrected chi connectivity index (χ2v) is 6.99. The van der Waals surface area contributed by atoms with Crippen LogP contribution in [0.2, 0.25) is 0 Å². The number of hydrogen-bond acceptors (Lipinski definition) is 3. The van der Waals surface area contributed by atoms with Crippen molar-refractivity contribution < 1.29 is 4.79 Å². The minimum Gasteiger partial charge on any atom is -0.324 e. The first-order valence-electron chi connectivity index (χ1n) is 6.07. The zero-order chi connectivity index (χ0) is 13.3. The van der Waals surface area contributed by atoms with Crippen molar-refractivity contribution in [2.45, 2.75) is 37.0 Å². The molecular formula is C13H17BrN2OS. The molecule has 0 bridgehead atoms. The van der Waals surface area contributed by atoms with Crippen LogP contribution in [0.4, 0.5) is 5.69 Å². The Morgan fingerprint density at radius 1 is 1.50 bits per heavy atom. The number of thioether (sulfide) groups is 1. The van der Waals surface area contributed by atoms with E-state index < -0.39 is 0 Å². The Kier molecular flexibility index (Phi) is 4.35. The summed E-state index contributed by atoms with van der Waals surface area (Å²) < 4.78 is 1.05. The molecule has 1 amide bonds. The fourth-order valence-corrected chi connectivity index (χ4v) is 3.52. The van der Waals surface area contributed by atoms with E-state index in [-0.39, 0.29) is 11.9 Å². The van der Waals surface area contributed by atoms with E-state index in [4.69, 9.17) is 0 Å². The fraction of sp³-hybridized carbons (Fsp3) is 0.462. The number of hydrogen-bond donors (Lipinski definition) is 2. The topological polar surface area (TPSA) is 41.1 Å². The lowest BCUT2D eigenvalue weighted by molar-refractivity contribution is -0.117. The molecule has 1 aliphatic rings. The van der Waals surface area contributed by atoms with Crippen molar-refractivity contribution in [2.75, 3.05) is 11.9 Å². The Balaban J connectivity index is 2.35. The SMILES string of the molecule is CCNC1C(=O)Nc2cc(SC(C)C)c(Br)cc21. The van der Waals surface area contributed by atoms with Gasteiger partial charge in [0.05, 0.1) is 0 Å². The summed E-state index contributed by atoms with van der Waals surface area (Å²) in [6, 6.07) is 3.88. The van der Waals surface area contributed by atoms with Crippen LogP contribution < -0.4 is 10.6 Å². The molecule has 0 fully saturated rings. The number of rotatable bonds is 4. The van der Waals surface area contributed by atoms with E-state index in [0.29, 0.717) is 5.25 Å². The van der Waals surface area contributed by atoms with Crippen LogP contribution in [0.5, 0.6) is 0 Å². The molecule has 98 valence electrons. The van der Waals surface area contributed by atoms with Crippen molar-refractivity contribution in [1.82, 2.24) is 5.32 Å². The van der Waals surface area contributed by atoms with Crippen molar-refractivity contribution in [3.05, 3.63) is 22.2 Å². The van der Waals surface area contributed by atoms with Gasteiger partial charge in [-0.2, -0.15) is 0 Å². The summed E-state index contributed by atoms with van der Waals surface area (Å²) >= 11 is 5.38. The van der Waals surface area contributed by atoms with Crippen molar-refractivity contribution >= 4 is 39.3 Å². The van der Waals surface area contributed by atoms with Crippen LogP contribution in [0.1, 0.15) is 32.4 Å². The van der Waals surface area contributed by atoms with Crippen molar-refractivity contribution in [3.63, 3.8) is 0 Å². The summed E-state index contributed by atoms with van der Waals surface area (Å²) in [5.41, 5.74) is 1.96. The Hall–Kier alpha value is -0.520. The molecule has 0 radical (unpaired) electrons. The van der Waals surface area contributed by atoms with E-state index in [1.165, 1.54) is 4.90 Å². The molecule has 2 N–H and O–H groups in total. The molecule has 1 aromatic rings. The largest absolute Gasteiger partial charge is 0.324 e. The zero-order valence-electron chi connectivity index (χ0n) is 10.7. The number of anilines is 1. The molecule has 1 unspecified atom stereocenters. The van der Waals surface area contributed by atoms with Crippen molar-refractivity contribution in [2.24, 2.45) is 0 Å². The van der Waals surface area contributed by atoms with Gasteiger partial charge in [0.25, 0.3) is 0 Å². The van der Waals surface area contributed by atoms with Crippen LogP contribution in [0.15, 0.2) is 21.5 Å². The monoisotopic (exact) mass is 328 g/mol. The first-order chi connectivity index (χ1) is 8.52. The van der Waals surface area contributed by atoms with Gasteiger partial charge in [-0.05, 0) is 34.6 Å². The Labute approximate surface area is 120 Å². The summed E-state index contributed by atoms with van der Waals surface area (Å²) in [5.74, 6) is 0.0328. The third-order valence-electron chi connectivity index (χ3n) is 2.71. The Morgan fingerprint density at radius 2 is 2.22 bits per heavy atom. The zero-order valence-corrected chi connectivity index (χ0v) is 13.1. The van der Waals surface area contributed by atoms with Crippen molar-refractivity contribution in [1.29, 1.82) is 0 Å². The first kappa shape index (κ1) is 13.9. The molecule has 1 atom stereocenters. The second kappa shape index (κ2) is 5.63. The van der Waals surface area contributed by atoms with E-state index in [9.17, 15) is 4.79 Å². The quantitative estimate of drug-likeness (QED) is 0.830. The molecule has 0 spiro atoms. The average Bonchev–Trinajstić information content (AvgIpc) is 2.56. The number of nitrogens with one attached hydrogen (secondary N) is 2. The molecule has 0 saturated heterocycles. The third-order valence-corrected chi connectivity index (χ3v) is 4.69. The van der Waals surface area contributed by atoms with Gasteiger partial charge in [0.15, 0.2) is 0 Å². The third kappa shape index (κ3) is 2.73. The van der Waals surface area contributed by atoms with Gasteiger partial charge in [-0.25, -0.2) is 0 Å². The molecule has 3 nitrogen and oxygen atoms in total. The predicted octanol–water partition coefficient (Wildman–Crippen LogP) is 3.55. The van der Waals surface area contributed by atoms with Gasteiger partial charge in [0.1, 0.15) is 6.04 Å². The van der Waals surface area contributed by atoms with Gasteiger partial charge in [0, 0.05) is 25.9 Å². The average molecular weight is 329 g/mol. The molecule has 0 aromatic heterocycles. The van der Waals surface area contributed by atoms with Crippen LogP contribution in [0, 0.1) is 0 Å². The molecule has 2 rings (SSSR count). The molecule has 18 heavy (non-hydrogen) atoms. The number of fused-ring (bicyclic) bond motifs is 1. The number of carbonyl (C=O) groups is 1. The lowest BCUT2D eigenvalue weighted by Crippen LogP contribution is -2.27. The predicted molar refractivity (Wildman–Crippen MR) is 80.2 cm³/mol. The van der Waals surface area contributed by atoms with Gasteiger partial charge in [-0.1, -0.05) is 20.8 Å². The number of amides is 1. The van der Waals surface area contributed by atoms with E-state index in [2.05, 4.69) is 46.5 Å². The van der Waals surface area contributed by atoms with Gasteiger partial charge in [-0.3, -0.25) is 4.79 Å². The van der Waals surface area contributed by atoms with Gasteiger partial charge >= 0.3 is 0 Å². The highest BCUT2D eigenvalue weighted by atomic mass is 79.9. The van der Waals surface area contributed by atoms with E-state index in [1.807, 2.05) is 13.0 Å². The molecule has 0 saturated carbocycles. The summed E-state index contributed by atoms with van der Waals surface area (Å²) in [4.78, 5) is 13.0. The molecule has 1 heterocycles. The number of likely N-dealkylation sites (N-methyl/N-ethyl adjacent to an activating group) is 1. The van der Waals surface area contributed by atoms with Crippen LogP contribution in [-0.2, 0) is 4.79 Å². The Morgan fingerprint density at radius 3 is 2.83 bits per heavy atom. The summed E-state index contributed by atoms with van der Waals surface area (Å²) in [7, 11) is 0. The highest BCUT2D eigenvalue weighted by Gasteiger charge is 2.30. The van der Waals surface area contributed by atoms with E-state index >= 15 is 0 Å². The molecular weight excluding hydrogens is 312 g/mol. The Bertz CT molecular complexity index is 476. The van der Waals surface area contributed by atoms with Gasteiger partial charge < -0.3 is 10.6 Å². The fourth-order valence-electron chi connectivity index (χ4n) is 2.01. The summed E-state index contributed by atoms with van der Waals surface area (Å²) in [6.45, 7) is 7.09. The number of halogens is 1. The highest BCUT2D eigenvalue weighted by Crippen LogP contribution is 2.40. The second-order valence-electron chi connectivity index (χ2n) is 4.52. The van der Waals surface area contributed by atoms with Crippen LogP contribution in [-0.4, -0.2) is 17.7 Å². The highest BCUT2D eigenvalue weighted by molar-refractivity contribution is 9.10. The molecule has 0 aliphatic carbocycles. The van der Waals surface area contributed by atoms with Gasteiger partial charge in [0.2, 0.25) is 5.91 Å². The molecule has 5 heteroatoms. The molecule has 1 aromatic carbocycles. The maximum Gasteiger partial charge on any atom is 0.246 e. The normalized spacial score (nSPS) is 18.1. The van der Waals surface area contributed by atoms with E-state index in [1.54, 1.807) is 11.8 Å². The lowest BCUT2D eigenvalue weighted by atomic mass is 10.1. The smallest absolute Gasteiger partial charge is 0.246 e. The summed E-state index contributed by atoms with van der Waals surface area (Å²) in [6.07, 6.45) is 0. The first-order valence-corrected chi connectivity index (χ1v) is 7.74. The maximum absolute atomic E-state index is 11.9. The minimum absolute atomic E-state index is 0.0328. The lowest BCUT2D eigenvalue weighted by Gasteiger charge is -2.12. The van der Waals surface area contributed by atoms with E-state index in [0.717, 1.165) is 22.3 Å².